The number of nitrogens with zero attached hydrogens (tertiary/aromatic N) is 1. The summed E-state index contributed by atoms with van der Waals surface area (Å²) >= 11 is 0. The van der Waals surface area contributed by atoms with Crippen LogP contribution in [-0.2, 0) is 4.79 Å². The summed E-state index contributed by atoms with van der Waals surface area (Å²) in [4.78, 5) is 38.3. The van der Waals surface area contributed by atoms with Crippen LogP contribution in [0.2, 0.25) is 0 Å². The zero-order valence-corrected chi connectivity index (χ0v) is 19.8. The maximum absolute atomic E-state index is 13.5. The first-order valence-corrected chi connectivity index (χ1v) is 12.0. The Labute approximate surface area is 204 Å². The van der Waals surface area contributed by atoms with Crippen LogP contribution in [-0.4, -0.2) is 40.2 Å². The number of pyridine rings is 1. The fourth-order valence-electron chi connectivity index (χ4n) is 4.36. The number of carboxylic acids is 1. The summed E-state index contributed by atoms with van der Waals surface area (Å²) in [6, 6.07) is 21.3. The van der Waals surface area contributed by atoms with Crippen molar-refractivity contribution in [3.8, 4) is 0 Å². The van der Waals surface area contributed by atoms with Gasteiger partial charge >= 0.3 is 5.97 Å². The monoisotopic (exact) mass is 473 g/mol. The van der Waals surface area contributed by atoms with Gasteiger partial charge < -0.3 is 20.3 Å². The normalized spacial score (nSPS) is 17.7. The van der Waals surface area contributed by atoms with E-state index in [1.54, 1.807) is 12.3 Å². The van der Waals surface area contributed by atoms with Gasteiger partial charge in [0.2, 0.25) is 0 Å². The Morgan fingerprint density at radius 2 is 1.60 bits per heavy atom. The van der Waals surface area contributed by atoms with Crippen molar-refractivity contribution in [1.82, 2.24) is 15.2 Å². The van der Waals surface area contributed by atoms with Crippen molar-refractivity contribution in [1.29, 1.82) is 0 Å². The lowest BCUT2D eigenvalue weighted by molar-refractivity contribution is -0.139. The Morgan fingerprint density at radius 3 is 2.14 bits per heavy atom. The summed E-state index contributed by atoms with van der Waals surface area (Å²) in [6.07, 6.45) is 3.70. The van der Waals surface area contributed by atoms with Crippen molar-refractivity contribution in [2.45, 2.75) is 44.3 Å². The minimum absolute atomic E-state index is 0.0828. The van der Waals surface area contributed by atoms with E-state index in [-0.39, 0.29) is 12.0 Å². The van der Waals surface area contributed by atoms with Gasteiger partial charge in [-0.2, -0.15) is 0 Å². The SMILES string of the molecule is CC1CC1NCCC[C@H](NC(=O)c1cccn(C(c2ccccc2)c2ccccc2)c1=O)C(=O)O. The molecule has 1 heterocycles. The molecular formula is C28H31N3O4. The summed E-state index contributed by atoms with van der Waals surface area (Å²) in [7, 11) is 0. The first kappa shape index (κ1) is 24.4. The highest BCUT2D eigenvalue weighted by molar-refractivity contribution is 5.96. The van der Waals surface area contributed by atoms with Crippen molar-refractivity contribution in [2.24, 2.45) is 5.92 Å². The van der Waals surface area contributed by atoms with E-state index in [2.05, 4.69) is 17.6 Å². The van der Waals surface area contributed by atoms with Gasteiger partial charge in [-0.25, -0.2) is 4.79 Å². The number of rotatable bonds is 11. The van der Waals surface area contributed by atoms with Crippen LogP contribution in [0, 0.1) is 5.92 Å². The molecule has 4 rings (SSSR count). The third-order valence-corrected chi connectivity index (χ3v) is 6.52. The minimum atomic E-state index is -1.11. The quantitative estimate of drug-likeness (QED) is 0.371. The molecule has 7 nitrogen and oxygen atoms in total. The molecule has 0 aliphatic heterocycles. The summed E-state index contributed by atoms with van der Waals surface area (Å²) in [5, 5.41) is 15.6. The fourth-order valence-corrected chi connectivity index (χ4v) is 4.36. The Hall–Kier alpha value is -3.71. The molecule has 1 aliphatic rings. The van der Waals surface area contributed by atoms with Crippen LogP contribution >= 0.6 is 0 Å². The van der Waals surface area contributed by atoms with E-state index in [0.717, 1.165) is 17.5 Å². The predicted octanol–water partition coefficient (Wildman–Crippen LogP) is 3.45. The Balaban J connectivity index is 1.54. The summed E-state index contributed by atoms with van der Waals surface area (Å²) in [6.45, 7) is 2.87. The van der Waals surface area contributed by atoms with Crippen molar-refractivity contribution < 1.29 is 14.7 Å². The van der Waals surface area contributed by atoms with Gasteiger partial charge in [-0.15, -0.1) is 0 Å². The number of carbonyl (C=O) groups excluding carboxylic acids is 1. The van der Waals surface area contributed by atoms with Crippen LogP contribution in [0.5, 0.6) is 0 Å². The van der Waals surface area contributed by atoms with Crippen molar-refractivity contribution in [2.75, 3.05) is 6.54 Å². The molecule has 2 aromatic carbocycles. The third kappa shape index (κ3) is 6.05. The van der Waals surface area contributed by atoms with Crippen molar-refractivity contribution in [3.63, 3.8) is 0 Å². The van der Waals surface area contributed by atoms with Crippen LogP contribution in [0.25, 0.3) is 0 Å². The second kappa shape index (κ2) is 11.1. The lowest BCUT2D eigenvalue weighted by Gasteiger charge is -2.22. The number of nitrogens with one attached hydrogen (secondary N) is 2. The molecule has 3 aromatic rings. The van der Waals surface area contributed by atoms with Gasteiger partial charge in [0.25, 0.3) is 11.5 Å². The molecule has 3 atom stereocenters. The minimum Gasteiger partial charge on any atom is -0.480 e. The largest absolute Gasteiger partial charge is 0.480 e. The van der Waals surface area contributed by atoms with E-state index in [0.29, 0.717) is 24.9 Å². The molecule has 7 heteroatoms. The molecule has 182 valence electrons. The van der Waals surface area contributed by atoms with Crippen molar-refractivity contribution in [3.05, 3.63) is 106 Å². The van der Waals surface area contributed by atoms with Gasteiger partial charge in [-0.1, -0.05) is 67.6 Å². The topological polar surface area (TPSA) is 100 Å². The van der Waals surface area contributed by atoms with Crippen LogP contribution in [0.1, 0.15) is 53.7 Å². The second-order valence-electron chi connectivity index (χ2n) is 9.14. The molecule has 0 radical (unpaired) electrons. The summed E-state index contributed by atoms with van der Waals surface area (Å²) in [5.74, 6) is -1.12. The number of amides is 1. The molecule has 1 amide bonds. The molecule has 0 saturated heterocycles. The molecule has 35 heavy (non-hydrogen) atoms. The van der Waals surface area contributed by atoms with Gasteiger partial charge in [-0.3, -0.25) is 9.59 Å². The molecule has 0 bridgehead atoms. The van der Waals surface area contributed by atoms with Crippen LogP contribution in [0.15, 0.2) is 83.8 Å². The van der Waals surface area contributed by atoms with E-state index in [9.17, 15) is 19.5 Å². The van der Waals surface area contributed by atoms with E-state index < -0.39 is 29.5 Å². The van der Waals surface area contributed by atoms with Gasteiger partial charge in [0.1, 0.15) is 11.6 Å². The van der Waals surface area contributed by atoms with E-state index >= 15 is 0 Å². The molecule has 2 unspecified atom stereocenters. The van der Waals surface area contributed by atoms with Gasteiger partial charge in [0.05, 0.1) is 6.04 Å². The standard InChI is InChI=1S/C28H31N3O4/c1-19-18-24(19)29-16-8-15-23(28(34)35)30-26(32)22-14-9-17-31(27(22)33)25(20-10-4-2-5-11-20)21-12-6-3-7-13-21/h2-7,9-14,17,19,23-25,29H,8,15-16,18H2,1H3,(H,30,32)(H,34,35)/t19?,23-,24?/m0/s1. The van der Waals surface area contributed by atoms with Gasteiger partial charge in [-0.05, 0) is 55.0 Å². The van der Waals surface area contributed by atoms with Gasteiger partial charge in [0.15, 0.2) is 0 Å². The number of aromatic nitrogens is 1. The summed E-state index contributed by atoms with van der Waals surface area (Å²) < 4.78 is 1.52. The highest BCUT2D eigenvalue weighted by Gasteiger charge is 2.31. The van der Waals surface area contributed by atoms with Crippen LogP contribution < -0.4 is 16.2 Å². The molecular weight excluding hydrogens is 442 g/mol. The summed E-state index contributed by atoms with van der Waals surface area (Å²) in [5.41, 5.74) is 1.25. The highest BCUT2D eigenvalue weighted by atomic mass is 16.4. The Morgan fingerprint density at radius 1 is 1.00 bits per heavy atom. The Bertz CT molecular complexity index is 1170. The predicted molar refractivity (Wildman–Crippen MR) is 135 cm³/mol. The lowest BCUT2D eigenvalue weighted by atomic mass is 9.98. The first-order chi connectivity index (χ1) is 17.0. The number of hydrogen-bond acceptors (Lipinski definition) is 4. The first-order valence-electron chi connectivity index (χ1n) is 12.0. The fraction of sp³-hybridized carbons (Fsp3) is 0.321. The second-order valence-corrected chi connectivity index (χ2v) is 9.14. The molecule has 1 aliphatic carbocycles. The van der Waals surface area contributed by atoms with E-state index in [1.807, 2.05) is 60.7 Å². The third-order valence-electron chi connectivity index (χ3n) is 6.52. The average Bonchev–Trinajstić information content (AvgIpc) is 3.58. The smallest absolute Gasteiger partial charge is 0.326 e. The maximum Gasteiger partial charge on any atom is 0.326 e. The number of benzene rings is 2. The van der Waals surface area contributed by atoms with E-state index in [1.165, 1.54) is 10.6 Å². The molecule has 1 aromatic heterocycles. The average molecular weight is 474 g/mol. The zero-order valence-electron chi connectivity index (χ0n) is 19.8. The number of carboxylic acid groups (broad SMARTS) is 1. The van der Waals surface area contributed by atoms with Crippen LogP contribution in [0.3, 0.4) is 0 Å². The lowest BCUT2D eigenvalue weighted by Crippen LogP contribution is -2.43. The zero-order chi connectivity index (χ0) is 24.8. The number of aliphatic carboxylic acids is 1. The van der Waals surface area contributed by atoms with Gasteiger partial charge in [0, 0.05) is 12.2 Å². The molecule has 3 N–H and O–H groups in total. The molecule has 0 spiro atoms. The Kier molecular flexibility index (Phi) is 7.77. The number of carbonyl (C=O) groups is 2. The number of hydrogen-bond donors (Lipinski definition) is 3. The molecule has 1 saturated carbocycles. The van der Waals surface area contributed by atoms with Crippen molar-refractivity contribution >= 4 is 11.9 Å². The van der Waals surface area contributed by atoms with E-state index in [4.69, 9.17) is 0 Å². The molecule has 1 fully saturated rings. The maximum atomic E-state index is 13.5. The van der Waals surface area contributed by atoms with Crippen LogP contribution in [0.4, 0.5) is 0 Å². The highest BCUT2D eigenvalue weighted by Crippen LogP contribution is 2.29.